The van der Waals surface area contributed by atoms with Gasteiger partial charge in [-0.15, -0.1) is 0 Å². The van der Waals surface area contributed by atoms with Crippen LogP contribution in [-0.2, 0) is 0 Å². The molecule has 0 aliphatic rings. The van der Waals surface area contributed by atoms with Crippen LogP contribution in [0.15, 0.2) is 0 Å². The summed E-state index contributed by atoms with van der Waals surface area (Å²) in [5.74, 6) is 1.36. The minimum absolute atomic E-state index is 0.654. The first-order valence-corrected chi connectivity index (χ1v) is 5.50. The molecule has 2 heteroatoms. The Morgan fingerprint density at radius 2 is 1.92 bits per heavy atom. The van der Waals surface area contributed by atoms with Crippen LogP contribution in [0, 0.1) is 11.8 Å². The molecule has 0 rings (SSSR count). The first-order valence-electron chi connectivity index (χ1n) is 5.50. The molecule has 0 aliphatic carbocycles. The largest absolute Gasteiger partial charge is 0.330 e. The zero-order chi connectivity index (χ0) is 10.3. The van der Waals surface area contributed by atoms with Gasteiger partial charge in [0, 0.05) is 6.54 Å². The third-order valence-electron chi connectivity index (χ3n) is 2.69. The Kier molecular flexibility index (Phi) is 7.29. The lowest BCUT2D eigenvalue weighted by molar-refractivity contribution is 0.238. The third kappa shape index (κ3) is 6.05. The first kappa shape index (κ1) is 12.9. The quantitative estimate of drug-likeness (QED) is 0.658. The first-order chi connectivity index (χ1) is 6.11. The molecule has 0 fully saturated rings. The van der Waals surface area contributed by atoms with Crippen LogP contribution in [0.1, 0.15) is 33.6 Å². The van der Waals surface area contributed by atoms with Gasteiger partial charge in [0.15, 0.2) is 0 Å². The summed E-state index contributed by atoms with van der Waals surface area (Å²) in [6, 6.07) is 0. The van der Waals surface area contributed by atoms with Gasteiger partial charge >= 0.3 is 0 Å². The molecule has 2 nitrogen and oxygen atoms in total. The monoisotopic (exact) mass is 186 g/mol. The van der Waals surface area contributed by atoms with Gasteiger partial charge in [-0.2, -0.15) is 0 Å². The second-order valence-corrected chi connectivity index (χ2v) is 4.36. The molecule has 13 heavy (non-hydrogen) atoms. The van der Waals surface area contributed by atoms with E-state index in [1.165, 1.54) is 19.4 Å². The lowest BCUT2D eigenvalue weighted by atomic mass is 9.95. The van der Waals surface area contributed by atoms with Crippen LogP contribution in [0.3, 0.4) is 0 Å². The molecule has 0 spiro atoms. The van der Waals surface area contributed by atoms with Crippen molar-refractivity contribution in [2.24, 2.45) is 17.6 Å². The summed E-state index contributed by atoms with van der Waals surface area (Å²) < 4.78 is 0. The van der Waals surface area contributed by atoms with Crippen LogP contribution in [0.5, 0.6) is 0 Å². The van der Waals surface area contributed by atoms with E-state index in [1.54, 1.807) is 0 Å². The average Bonchev–Trinajstić information content (AvgIpc) is 2.10. The maximum Gasteiger partial charge on any atom is 0.00211 e. The van der Waals surface area contributed by atoms with Crippen LogP contribution in [-0.4, -0.2) is 31.6 Å². The lowest BCUT2D eigenvalue weighted by Crippen LogP contribution is -2.33. The Morgan fingerprint density at radius 1 is 1.31 bits per heavy atom. The van der Waals surface area contributed by atoms with Crippen molar-refractivity contribution in [2.75, 3.05) is 26.7 Å². The Balaban J connectivity index is 3.66. The van der Waals surface area contributed by atoms with Gasteiger partial charge in [-0.3, -0.25) is 0 Å². The van der Waals surface area contributed by atoms with Crippen LogP contribution in [0.2, 0.25) is 0 Å². The van der Waals surface area contributed by atoms with Crippen molar-refractivity contribution in [1.82, 2.24) is 4.90 Å². The number of hydrogen-bond donors (Lipinski definition) is 1. The van der Waals surface area contributed by atoms with Crippen LogP contribution >= 0.6 is 0 Å². The van der Waals surface area contributed by atoms with E-state index in [9.17, 15) is 0 Å². The molecule has 1 atom stereocenters. The van der Waals surface area contributed by atoms with Crippen LogP contribution < -0.4 is 5.73 Å². The Labute approximate surface area is 83.5 Å². The van der Waals surface area contributed by atoms with Crippen molar-refractivity contribution in [2.45, 2.75) is 33.6 Å². The summed E-state index contributed by atoms with van der Waals surface area (Å²) in [6.45, 7) is 9.91. The third-order valence-corrected chi connectivity index (χ3v) is 2.69. The number of nitrogens with two attached hydrogens (primary N) is 1. The van der Waals surface area contributed by atoms with E-state index < -0.39 is 0 Å². The number of nitrogens with zero attached hydrogens (tertiary/aromatic N) is 1. The SMILES string of the molecule is CCCCN(C)CC(CN)C(C)C. The standard InChI is InChI=1S/C11H26N2/c1-5-6-7-13(4)9-11(8-12)10(2)3/h10-11H,5-9,12H2,1-4H3. The van der Waals surface area contributed by atoms with Crippen LogP contribution in [0.25, 0.3) is 0 Å². The molecule has 0 saturated carbocycles. The van der Waals surface area contributed by atoms with E-state index in [4.69, 9.17) is 5.73 Å². The molecule has 0 aromatic heterocycles. The molecule has 0 aromatic carbocycles. The zero-order valence-corrected chi connectivity index (χ0v) is 9.71. The highest BCUT2D eigenvalue weighted by Crippen LogP contribution is 2.10. The van der Waals surface area contributed by atoms with Crippen molar-refractivity contribution in [3.63, 3.8) is 0 Å². The molecule has 80 valence electrons. The van der Waals surface area contributed by atoms with E-state index in [1.807, 2.05) is 0 Å². The Hall–Kier alpha value is -0.0800. The van der Waals surface area contributed by atoms with E-state index >= 15 is 0 Å². The molecule has 1 unspecified atom stereocenters. The summed E-state index contributed by atoms with van der Waals surface area (Å²) in [5.41, 5.74) is 5.72. The van der Waals surface area contributed by atoms with Crippen molar-refractivity contribution >= 4 is 0 Å². The predicted octanol–water partition coefficient (Wildman–Crippen LogP) is 1.95. The number of rotatable bonds is 7. The minimum atomic E-state index is 0.654. The van der Waals surface area contributed by atoms with Gasteiger partial charge in [0.1, 0.15) is 0 Å². The number of hydrogen-bond acceptors (Lipinski definition) is 2. The maximum atomic E-state index is 5.72. The van der Waals surface area contributed by atoms with Crippen molar-refractivity contribution < 1.29 is 0 Å². The molecule has 0 radical (unpaired) electrons. The highest BCUT2D eigenvalue weighted by atomic mass is 15.1. The van der Waals surface area contributed by atoms with E-state index in [0.717, 1.165) is 13.1 Å². The smallest absolute Gasteiger partial charge is 0.00211 e. The molecule has 0 aromatic rings. The summed E-state index contributed by atoms with van der Waals surface area (Å²) >= 11 is 0. The second-order valence-electron chi connectivity index (χ2n) is 4.36. The fourth-order valence-corrected chi connectivity index (χ4v) is 1.48. The molecule has 0 heterocycles. The summed E-state index contributed by atoms with van der Waals surface area (Å²) in [6.07, 6.45) is 2.57. The molecule has 0 amide bonds. The van der Waals surface area contributed by atoms with E-state index in [0.29, 0.717) is 11.8 Å². The normalized spacial score (nSPS) is 14.1. The fraction of sp³-hybridized carbons (Fsp3) is 1.00. The highest BCUT2D eigenvalue weighted by molar-refractivity contribution is 4.67. The summed E-state index contributed by atoms with van der Waals surface area (Å²) in [5, 5.41) is 0. The molecule has 0 aliphatic heterocycles. The van der Waals surface area contributed by atoms with Crippen molar-refractivity contribution in [1.29, 1.82) is 0 Å². The van der Waals surface area contributed by atoms with Gasteiger partial charge in [0.2, 0.25) is 0 Å². The van der Waals surface area contributed by atoms with Crippen LogP contribution in [0.4, 0.5) is 0 Å². The molecular formula is C11H26N2. The predicted molar refractivity (Wildman–Crippen MR) is 59.8 cm³/mol. The summed E-state index contributed by atoms with van der Waals surface area (Å²) in [7, 11) is 2.20. The molecule has 2 N–H and O–H groups in total. The Bertz CT molecular complexity index is 113. The van der Waals surface area contributed by atoms with E-state index in [2.05, 4.69) is 32.7 Å². The Morgan fingerprint density at radius 3 is 2.31 bits per heavy atom. The lowest BCUT2D eigenvalue weighted by Gasteiger charge is -2.25. The maximum absolute atomic E-state index is 5.72. The zero-order valence-electron chi connectivity index (χ0n) is 9.71. The molecular weight excluding hydrogens is 160 g/mol. The van der Waals surface area contributed by atoms with Gasteiger partial charge in [0.05, 0.1) is 0 Å². The van der Waals surface area contributed by atoms with E-state index in [-0.39, 0.29) is 0 Å². The second kappa shape index (κ2) is 7.34. The van der Waals surface area contributed by atoms with Gasteiger partial charge in [-0.1, -0.05) is 27.2 Å². The fourth-order valence-electron chi connectivity index (χ4n) is 1.48. The summed E-state index contributed by atoms with van der Waals surface area (Å²) in [4.78, 5) is 2.40. The minimum Gasteiger partial charge on any atom is -0.330 e. The topological polar surface area (TPSA) is 29.3 Å². The van der Waals surface area contributed by atoms with Gasteiger partial charge in [-0.25, -0.2) is 0 Å². The van der Waals surface area contributed by atoms with Crippen molar-refractivity contribution in [3.8, 4) is 0 Å². The average molecular weight is 186 g/mol. The number of unbranched alkanes of at least 4 members (excludes halogenated alkanes) is 1. The van der Waals surface area contributed by atoms with Gasteiger partial charge in [-0.05, 0) is 38.4 Å². The molecule has 0 saturated heterocycles. The van der Waals surface area contributed by atoms with Crippen molar-refractivity contribution in [3.05, 3.63) is 0 Å². The molecule has 0 bridgehead atoms. The highest BCUT2D eigenvalue weighted by Gasteiger charge is 2.13. The van der Waals surface area contributed by atoms with Gasteiger partial charge < -0.3 is 10.6 Å². The van der Waals surface area contributed by atoms with Gasteiger partial charge in [0.25, 0.3) is 0 Å².